The van der Waals surface area contributed by atoms with Gasteiger partial charge in [0, 0.05) is 6.04 Å². The van der Waals surface area contributed by atoms with Crippen molar-refractivity contribution in [2.45, 2.75) is 38.6 Å². The predicted molar refractivity (Wildman–Crippen MR) is 64.6 cm³/mol. The molecule has 0 saturated heterocycles. The van der Waals surface area contributed by atoms with Crippen molar-refractivity contribution in [3.05, 3.63) is 35.6 Å². The van der Waals surface area contributed by atoms with Crippen molar-refractivity contribution in [2.24, 2.45) is 17.6 Å². The maximum Gasteiger partial charge on any atom is 0.123 e. The molecular weight excluding hydrogens is 201 g/mol. The fraction of sp³-hybridized carbons (Fsp3) is 0.571. The lowest BCUT2D eigenvalue weighted by Crippen LogP contribution is -2.30. The van der Waals surface area contributed by atoms with E-state index in [1.807, 2.05) is 12.1 Å². The summed E-state index contributed by atoms with van der Waals surface area (Å²) in [7, 11) is 0. The summed E-state index contributed by atoms with van der Waals surface area (Å²) in [5.74, 6) is 1.30. The van der Waals surface area contributed by atoms with Gasteiger partial charge in [-0.05, 0) is 48.8 Å². The average Bonchev–Trinajstić information content (AvgIpc) is 2.68. The van der Waals surface area contributed by atoms with Gasteiger partial charge in [-0.2, -0.15) is 0 Å². The summed E-state index contributed by atoms with van der Waals surface area (Å²) >= 11 is 0. The molecule has 1 aromatic rings. The van der Waals surface area contributed by atoms with E-state index in [-0.39, 0.29) is 11.9 Å². The van der Waals surface area contributed by atoms with Crippen LogP contribution in [0.2, 0.25) is 0 Å². The van der Waals surface area contributed by atoms with E-state index in [0.29, 0.717) is 5.92 Å². The Labute approximate surface area is 96.9 Å². The first-order valence-corrected chi connectivity index (χ1v) is 6.15. The van der Waals surface area contributed by atoms with Crippen LogP contribution in [0.25, 0.3) is 0 Å². The first-order chi connectivity index (χ1) is 7.65. The van der Waals surface area contributed by atoms with Gasteiger partial charge in [-0.25, -0.2) is 4.39 Å². The normalized spacial score (nSPS) is 26.9. The van der Waals surface area contributed by atoms with E-state index < -0.39 is 0 Å². The van der Waals surface area contributed by atoms with Crippen LogP contribution in [0, 0.1) is 17.7 Å². The van der Waals surface area contributed by atoms with Crippen LogP contribution in [0.3, 0.4) is 0 Å². The van der Waals surface area contributed by atoms with Crippen molar-refractivity contribution < 1.29 is 4.39 Å². The molecule has 0 spiro atoms. The minimum atomic E-state index is -0.174. The van der Waals surface area contributed by atoms with Crippen LogP contribution in [-0.4, -0.2) is 6.04 Å². The quantitative estimate of drug-likeness (QED) is 0.833. The molecule has 1 fully saturated rings. The van der Waals surface area contributed by atoms with Gasteiger partial charge in [0.1, 0.15) is 5.82 Å². The van der Waals surface area contributed by atoms with E-state index in [2.05, 4.69) is 6.92 Å². The van der Waals surface area contributed by atoms with Crippen LogP contribution < -0.4 is 5.73 Å². The van der Waals surface area contributed by atoms with E-state index in [4.69, 9.17) is 5.73 Å². The number of halogens is 1. The third-order valence-corrected chi connectivity index (χ3v) is 3.73. The zero-order valence-corrected chi connectivity index (χ0v) is 9.83. The molecule has 1 aliphatic rings. The van der Waals surface area contributed by atoms with Gasteiger partial charge >= 0.3 is 0 Å². The Kier molecular flexibility index (Phi) is 3.59. The second kappa shape index (κ2) is 4.96. The molecule has 2 heteroatoms. The molecule has 88 valence electrons. The highest BCUT2D eigenvalue weighted by molar-refractivity contribution is 5.17. The minimum Gasteiger partial charge on any atom is -0.327 e. The van der Waals surface area contributed by atoms with Crippen LogP contribution in [0.1, 0.15) is 31.7 Å². The monoisotopic (exact) mass is 221 g/mol. The molecule has 0 bridgehead atoms. The molecule has 1 aliphatic carbocycles. The molecule has 1 nitrogen and oxygen atoms in total. The van der Waals surface area contributed by atoms with Crippen molar-refractivity contribution in [3.8, 4) is 0 Å². The van der Waals surface area contributed by atoms with Gasteiger partial charge in [-0.15, -0.1) is 0 Å². The molecule has 0 heterocycles. The van der Waals surface area contributed by atoms with E-state index in [1.165, 1.54) is 31.4 Å². The van der Waals surface area contributed by atoms with Crippen LogP contribution in [0.15, 0.2) is 24.3 Å². The summed E-state index contributed by atoms with van der Waals surface area (Å²) < 4.78 is 12.7. The Hall–Kier alpha value is -0.890. The summed E-state index contributed by atoms with van der Waals surface area (Å²) in [6, 6.07) is 6.94. The molecule has 2 rings (SSSR count). The molecule has 0 aromatic heterocycles. The second-order valence-corrected chi connectivity index (χ2v) is 5.17. The van der Waals surface area contributed by atoms with Gasteiger partial charge in [0.2, 0.25) is 0 Å². The van der Waals surface area contributed by atoms with Crippen LogP contribution in [0.4, 0.5) is 4.39 Å². The largest absolute Gasteiger partial charge is 0.327 e. The Morgan fingerprint density at radius 3 is 2.56 bits per heavy atom. The third kappa shape index (κ3) is 2.82. The molecule has 3 unspecified atom stereocenters. The molecule has 0 aliphatic heterocycles. The molecular formula is C14H20FN. The van der Waals surface area contributed by atoms with Crippen LogP contribution >= 0.6 is 0 Å². The van der Waals surface area contributed by atoms with Crippen LogP contribution in [0.5, 0.6) is 0 Å². The zero-order chi connectivity index (χ0) is 11.5. The maximum absolute atomic E-state index is 12.7. The van der Waals surface area contributed by atoms with Gasteiger partial charge in [0.05, 0.1) is 0 Å². The maximum atomic E-state index is 12.7. The second-order valence-electron chi connectivity index (χ2n) is 5.17. The Balaban J connectivity index is 1.91. The van der Waals surface area contributed by atoms with Crippen molar-refractivity contribution >= 4 is 0 Å². The first kappa shape index (κ1) is 11.6. The lowest BCUT2D eigenvalue weighted by Gasteiger charge is -2.19. The van der Waals surface area contributed by atoms with Crippen LogP contribution in [-0.2, 0) is 6.42 Å². The smallest absolute Gasteiger partial charge is 0.123 e. The summed E-state index contributed by atoms with van der Waals surface area (Å²) in [4.78, 5) is 0. The fourth-order valence-corrected chi connectivity index (χ4v) is 2.70. The Morgan fingerprint density at radius 2 is 2.00 bits per heavy atom. The fourth-order valence-electron chi connectivity index (χ4n) is 2.70. The Bertz CT molecular complexity index is 333. The molecule has 1 saturated carbocycles. The standard InChI is InChI=1S/C14H20FN/c1-10-2-5-12(8-10)14(16)9-11-3-6-13(15)7-4-11/h3-4,6-7,10,12,14H,2,5,8-9,16H2,1H3. The van der Waals surface area contributed by atoms with Gasteiger partial charge < -0.3 is 5.73 Å². The minimum absolute atomic E-state index is 0.174. The number of nitrogens with two attached hydrogens (primary N) is 1. The predicted octanol–water partition coefficient (Wildman–Crippen LogP) is 3.13. The van der Waals surface area contributed by atoms with Gasteiger partial charge in [0.15, 0.2) is 0 Å². The van der Waals surface area contributed by atoms with Crippen molar-refractivity contribution in [1.29, 1.82) is 0 Å². The van der Waals surface area contributed by atoms with E-state index in [0.717, 1.165) is 17.9 Å². The molecule has 1 aromatic carbocycles. The van der Waals surface area contributed by atoms with Crippen molar-refractivity contribution in [3.63, 3.8) is 0 Å². The summed E-state index contributed by atoms with van der Waals surface area (Å²) in [6.07, 6.45) is 4.69. The van der Waals surface area contributed by atoms with E-state index >= 15 is 0 Å². The average molecular weight is 221 g/mol. The molecule has 0 amide bonds. The number of rotatable bonds is 3. The SMILES string of the molecule is CC1CCC(C(N)Cc2ccc(F)cc2)C1. The van der Waals surface area contributed by atoms with E-state index in [9.17, 15) is 4.39 Å². The van der Waals surface area contributed by atoms with Crippen molar-refractivity contribution in [1.82, 2.24) is 0 Å². The molecule has 2 N–H and O–H groups in total. The molecule has 0 radical (unpaired) electrons. The summed E-state index contributed by atoms with van der Waals surface area (Å²) in [6.45, 7) is 2.30. The topological polar surface area (TPSA) is 26.0 Å². The zero-order valence-electron chi connectivity index (χ0n) is 9.83. The van der Waals surface area contributed by atoms with Crippen molar-refractivity contribution in [2.75, 3.05) is 0 Å². The first-order valence-electron chi connectivity index (χ1n) is 6.15. The molecule has 3 atom stereocenters. The third-order valence-electron chi connectivity index (χ3n) is 3.73. The van der Waals surface area contributed by atoms with E-state index in [1.54, 1.807) is 0 Å². The highest BCUT2D eigenvalue weighted by atomic mass is 19.1. The summed E-state index contributed by atoms with van der Waals surface area (Å²) in [5, 5.41) is 0. The lowest BCUT2D eigenvalue weighted by atomic mass is 9.92. The van der Waals surface area contributed by atoms with Gasteiger partial charge in [-0.3, -0.25) is 0 Å². The van der Waals surface area contributed by atoms with Gasteiger partial charge in [-0.1, -0.05) is 25.5 Å². The lowest BCUT2D eigenvalue weighted by molar-refractivity contribution is 0.415. The number of hydrogen-bond acceptors (Lipinski definition) is 1. The number of benzene rings is 1. The Morgan fingerprint density at radius 1 is 1.31 bits per heavy atom. The highest BCUT2D eigenvalue weighted by Crippen LogP contribution is 2.32. The number of hydrogen-bond donors (Lipinski definition) is 1. The summed E-state index contributed by atoms with van der Waals surface area (Å²) in [5.41, 5.74) is 7.36. The van der Waals surface area contributed by atoms with Gasteiger partial charge in [0.25, 0.3) is 0 Å². The molecule has 16 heavy (non-hydrogen) atoms. The highest BCUT2D eigenvalue weighted by Gasteiger charge is 2.26.